The van der Waals surface area contributed by atoms with Gasteiger partial charge in [-0.25, -0.2) is 17.9 Å². The number of sulfone groups is 1. The second-order valence-corrected chi connectivity index (χ2v) is 9.39. The topological polar surface area (TPSA) is 98.6 Å². The molecule has 1 aromatic carbocycles. The number of carbonyl (C=O) groups excluding carboxylic acids is 2. The molecule has 2 aromatic rings. The maximum absolute atomic E-state index is 12.6. The van der Waals surface area contributed by atoms with Crippen molar-refractivity contribution in [2.75, 3.05) is 18.1 Å². The summed E-state index contributed by atoms with van der Waals surface area (Å²) in [5, 5.41) is 4.12. The van der Waals surface area contributed by atoms with Gasteiger partial charge in [-0.15, -0.1) is 0 Å². The molecule has 2 heterocycles. The van der Waals surface area contributed by atoms with Crippen LogP contribution >= 0.6 is 0 Å². The Morgan fingerprint density at radius 1 is 1.14 bits per heavy atom. The van der Waals surface area contributed by atoms with Crippen LogP contribution in [0.1, 0.15) is 29.6 Å². The number of amides is 1. The molecule has 1 saturated carbocycles. The fourth-order valence-corrected chi connectivity index (χ4v) is 5.22. The van der Waals surface area contributed by atoms with Gasteiger partial charge in [0.1, 0.15) is 0 Å². The number of carbonyl (C=O) groups is 2. The molecular formula is C19H21N3O5S. The SMILES string of the molecule is O=C(OCC(=O)N(C1CC1)[C@H]1CCS(=O)(=O)C1)c1ccc(-n2cccn2)cc1. The standard InChI is InChI=1S/C19H21N3O5S/c23-18(22(16-6-7-16)17-8-11-28(25,26)13-17)12-27-19(24)14-2-4-15(5-3-14)21-10-1-9-20-21/h1-5,9-10,16-17H,6-8,11-13H2/t17-/m0/s1. The first-order valence-corrected chi connectivity index (χ1v) is 11.0. The van der Waals surface area contributed by atoms with Crippen molar-refractivity contribution in [3.05, 3.63) is 48.3 Å². The highest BCUT2D eigenvalue weighted by molar-refractivity contribution is 7.91. The Morgan fingerprint density at radius 3 is 2.46 bits per heavy atom. The van der Waals surface area contributed by atoms with Crippen molar-refractivity contribution in [2.45, 2.75) is 31.3 Å². The molecule has 2 aliphatic rings. The van der Waals surface area contributed by atoms with E-state index >= 15 is 0 Å². The van der Waals surface area contributed by atoms with Crippen LogP contribution in [-0.2, 0) is 19.4 Å². The minimum atomic E-state index is -3.09. The zero-order chi connectivity index (χ0) is 19.7. The summed E-state index contributed by atoms with van der Waals surface area (Å²) in [5.41, 5.74) is 1.14. The number of nitrogens with zero attached hydrogens (tertiary/aromatic N) is 3. The first-order chi connectivity index (χ1) is 13.4. The van der Waals surface area contributed by atoms with Crippen molar-refractivity contribution in [3.8, 4) is 5.69 Å². The van der Waals surface area contributed by atoms with Crippen LogP contribution in [0.2, 0.25) is 0 Å². The first kappa shape index (κ1) is 18.7. The van der Waals surface area contributed by atoms with E-state index in [4.69, 9.17) is 4.74 Å². The van der Waals surface area contributed by atoms with Crippen LogP contribution in [0.3, 0.4) is 0 Å². The predicted molar refractivity (Wildman–Crippen MR) is 101 cm³/mol. The molecule has 28 heavy (non-hydrogen) atoms. The number of aromatic nitrogens is 2. The molecule has 1 amide bonds. The van der Waals surface area contributed by atoms with Gasteiger partial charge in [-0.3, -0.25) is 4.79 Å². The number of rotatable bonds is 6. The molecule has 0 radical (unpaired) electrons. The lowest BCUT2D eigenvalue weighted by molar-refractivity contribution is -0.137. The van der Waals surface area contributed by atoms with Crippen LogP contribution in [0, 0.1) is 0 Å². The second kappa shape index (κ2) is 7.38. The van der Waals surface area contributed by atoms with Crippen molar-refractivity contribution in [2.24, 2.45) is 0 Å². The number of ether oxygens (including phenoxy) is 1. The minimum Gasteiger partial charge on any atom is -0.452 e. The average molecular weight is 403 g/mol. The summed E-state index contributed by atoms with van der Waals surface area (Å²) in [5.74, 6) is -0.810. The molecule has 1 atom stereocenters. The number of esters is 1. The van der Waals surface area contributed by atoms with Crippen LogP contribution in [0.4, 0.5) is 0 Å². The maximum Gasteiger partial charge on any atom is 0.338 e. The van der Waals surface area contributed by atoms with E-state index in [9.17, 15) is 18.0 Å². The lowest BCUT2D eigenvalue weighted by atomic mass is 10.2. The molecule has 1 aliphatic heterocycles. The van der Waals surface area contributed by atoms with Crippen LogP contribution in [0.25, 0.3) is 5.69 Å². The molecule has 1 saturated heterocycles. The monoisotopic (exact) mass is 403 g/mol. The van der Waals surface area contributed by atoms with Crippen LogP contribution < -0.4 is 0 Å². The zero-order valence-electron chi connectivity index (χ0n) is 15.2. The van der Waals surface area contributed by atoms with Gasteiger partial charge in [0.25, 0.3) is 5.91 Å². The van der Waals surface area contributed by atoms with Crippen molar-refractivity contribution in [1.82, 2.24) is 14.7 Å². The largest absolute Gasteiger partial charge is 0.452 e. The Bertz CT molecular complexity index is 966. The molecule has 1 aliphatic carbocycles. The van der Waals surface area contributed by atoms with Crippen molar-refractivity contribution in [3.63, 3.8) is 0 Å². The van der Waals surface area contributed by atoms with Gasteiger partial charge in [0, 0.05) is 24.5 Å². The Labute approximate surface area is 163 Å². The van der Waals surface area contributed by atoms with Gasteiger partial charge in [-0.2, -0.15) is 5.10 Å². The Hall–Kier alpha value is -2.68. The van der Waals surface area contributed by atoms with E-state index in [2.05, 4.69) is 5.10 Å². The number of hydrogen-bond donors (Lipinski definition) is 0. The Balaban J connectivity index is 1.36. The molecule has 0 N–H and O–H groups in total. The summed E-state index contributed by atoms with van der Waals surface area (Å²) in [4.78, 5) is 26.5. The fourth-order valence-electron chi connectivity index (χ4n) is 3.51. The summed E-state index contributed by atoms with van der Waals surface area (Å²) in [6.45, 7) is -0.382. The summed E-state index contributed by atoms with van der Waals surface area (Å²) in [7, 11) is -3.09. The third-order valence-corrected chi connectivity index (χ3v) is 6.78. The average Bonchev–Trinajstić information content (AvgIpc) is 3.21. The minimum absolute atomic E-state index is 0.00191. The lowest BCUT2D eigenvalue weighted by Gasteiger charge is -2.28. The van der Waals surface area contributed by atoms with E-state index < -0.39 is 15.8 Å². The normalized spacial score (nSPS) is 20.6. The van der Waals surface area contributed by atoms with Crippen molar-refractivity contribution >= 4 is 21.7 Å². The molecule has 8 nitrogen and oxygen atoms in total. The lowest BCUT2D eigenvalue weighted by Crippen LogP contribution is -2.44. The first-order valence-electron chi connectivity index (χ1n) is 9.22. The molecule has 148 valence electrons. The highest BCUT2D eigenvalue weighted by Gasteiger charge is 2.42. The van der Waals surface area contributed by atoms with E-state index in [1.165, 1.54) is 0 Å². The molecule has 0 bridgehead atoms. The van der Waals surface area contributed by atoms with Gasteiger partial charge in [0.15, 0.2) is 16.4 Å². The summed E-state index contributed by atoms with van der Waals surface area (Å²) >= 11 is 0. The quantitative estimate of drug-likeness (QED) is 0.673. The smallest absolute Gasteiger partial charge is 0.338 e. The van der Waals surface area contributed by atoms with Gasteiger partial charge in [0.2, 0.25) is 0 Å². The van der Waals surface area contributed by atoms with Crippen LogP contribution in [-0.4, -0.2) is 65.2 Å². The fraction of sp³-hybridized carbons (Fsp3) is 0.421. The molecule has 0 spiro atoms. The third kappa shape index (κ3) is 4.09. The van der Waals surface area contributed by atoms with Crippen molar-refractivity contribution < 1.29 is 22.7 Å². The molecule has 1 aromatic heterocycles. The highest BCUT2D eigenvalue weighted by Crippen LogP contribution is 2.32. The molecule has 0 unspecified atom stereocenters. The van der Waals surface area contributed by atoms with E-state index in [0.29, 0.717) is 12.0 Å². The van der Waals surface area contributed by atoms with Crippen LogP contribution in [0.5, 0.6) is 0 Å². The van der Waals surface area contributed by atoms with Gasteiger partial charge in [-0.05, 0) is 49.6 Å². The number of benzene rings is 1. The predicted octanol–water partition coefficient (Wildman–Crippen LogP) is 1.21. The molecule has 9 heteroatoms. The second-order valence-electron chi connectivity index (χ2n) is 7.16. The van der Waals surface area contributed by atoms with E-state index in [0.717, 1.165) is 18.5 Å². The molecular weight excluding hydrogens is 382 g/mol. The van der Waals surface area contributed by atoms with E-state index in [1.54, 1.807) is 52.3 Å². The van der Waals surface area contributed by atoms with E-state index in [1.807, 2.05) is 0 Å². The highest BCUT2D eigenvalue weighted by atomic mass is 32.2. The summed E-state index contributed by atoms with van der Waals surface area (Å²) < 4.78 is 30.3. The summed E-state index contributed by atoms with van der Waals surface area (Å²) in [6, 6.07) is 8.28. The Kier molecular flexibility index (Phi) is 4.92. The van der Waals surface area contributed by atoms with Crippen LogP contribution in [0.15, 0.2) is 42.7 Å². The zero-order valence-corrected chi connectivity index (χ0v) is 16.0. The van der Waals surface area contributed by atoms with Crippen molar-refractivity contribution in [1.29, 1.82) is 0 Å². The summed E-state index contributed by atoms with van der Waals surface area (Å²) in [6.07, 6.45) is 5.64. The van der Waals surface area contributed by atoms with Gasteiger partial charge < -0.3 is 9.64 Å². The van der Waals surface area contributed by atoms with Gasteiger partial charge >= 0.3 is 5.97 Å². The Morgan fingerprint density at radius 2 is 1.89 bits per heavy atom. The van der Waals surface area contributed by atoms with Gasteiger partial charge in [-0.1, -0.05) is 0 Å². The molecule has 4 rings (SSSR count). The maximum atomic E-state index is 12.6. The van der Waals surface area contributed by atoms with E-state index in [-0.39, 0.29) is 36.1 Å². The van der Waals surface area contributed by atoms with Gasteiger partial charge in [0.05, 0.1) is 22.8 Å². The third-order valence-electron chi connectivity index (χ3n) is 5.03. The molecule has 2 fully saturated rings. The number of hydrogen-bond acceptors (Lipinski definition) is 6.